The molecule has 1 aliphatic rings. The van der Waals surface area contributed by atoms with Gasteiger partial charge in [-0.15, -0.1) is 0 Å². The van der Waals surface area contributed by atoms with Crippen molar-refractivity contribution in [1.29, 1.82) is 0 Å². The summed E-state index contributed by atoms with van der Waals surface area (Å²) in [6.07, 6.45) is 2.28. The van der Waals surface area contributed by atoms with Gasteiger partial charge in [0.2, 0.25) is 5.95 Å². The molecule has 1 aliphatic heterocycles. The zero-order chi connectivity index (χ0) is 17.9. The van der Waals surface area contributed by atoms with Crippen LogP contribution in [0.15, 0.2) is 36.5 Å². The van der Waals surface area contributed by atoms with E-state index in [0.29, 0.717) is 24.8 Å². The van der Waals surface area contributed by atoms with Crippen LogP contribution in [-0.4, -0.2) is 49.6 Å². The van der Waals surface area contributed by atoms with Crippen LogP contribution in [0.4, 0.5) is 17.5 Å². The Balaban J connectivity index is 1.71. The first-order valence-electron chi connectivity index (χ1n) is 8.23. The van der Waals surface area contributed by atoms with Crippen LogP contribution in [0.25, 0.3) is 0 Å². The minimum Gasteiger partial charge on any atom is -0.494 e. The Labute approximate surface area is 148 Å². The summed E-state index contributed by atoms with van der Waals surface area (Å²) >= 11 is 0. The lowest BCUT2D eigenvalue weighted by atomic mass is 10.2. The molecule has 0 radical (unpaired) electrons. The van der Waals surface area contributed by atoms with E-state index in [0.717, 1.165) is 11.4 Å². The minimum atomic E-state index is -2.94. The molecule has 1 unspecified atom stereocenters. The van der Waals surface area contributed by atoms with Crippen LogP contribution in [0.5, 0.6) is 5.75 Å². The standard InChI is InChI=1S/C17H22N4O3S/c1-3-24-15-6-4-13(5-7-15)19-16-8-10-18-17(20-16)21(2)14-9-11-25(22,23)12-14/h4-8,10,14H,3,9,11-12H2,1-2H3,(H,18,19,20). The fourth-order valence-corrected chi connectivity index (χ4v) is 4.56. The van der Waals surface area contributed by atoms with E-state index in [1.165, 1.54) is 0 Å². The van der Waals surface area contributed by atoms with Gasteiger partial charge in [-0.1, -0.05) is 0 Å². The molecule has 2 aromatic rings. The van der Waals surface area contributed by atoms with Gasteiger partial charge in [-0.05, 0) is 43.7 Å². The molecule has 0 spiro atoms. The maximum Gasteiger partial charge on any atom is 0.227 e. The molecule has 1 N–H and O–H groups in total. The molecule has 0 amide bonds. The SMILES string of the molecule is CCOc1ccc(Nc2ccnc(N(C)C3CCS(=O)(=O)C3)n2)cc1. The van der Waals surface area contributed by atoms with Gasteiger partial charge < -0.3 is 15.0 Å². The predicted octanol–water partition coefficient (Wildman–Crippen LogP) is 2.24. The maximum absolute atomic E-state index is 11.7. The van der Waals surface area contributed by atoms with Gasteiger partial charge in [0.05, 0.1) is 18.1 Å². The van der Waals surface area contributed by atoms with Gasteiger partial charge in [-0.25, -0.2) is 13.4 Å². The van der Waals surface area contributed by atoms with E-state index in [2.05, 4.69) is 15.3 Å². The second-order valence-electron chi connectivity index (χ2n) is 5.99. The summed E-state index contributed by atoms with van der Waals surface area (Å²) in [6, 6.07) is 9.32. The van der Waals surface area contributed by atoms with Gasteiger partial charge in [-0.2, -0.15) is 4.98 Å². The van der Waals surface area contributed by atoms with Crippen molar-refractivity contribution in [2.75, 3.05) is 35.4 Å². The smallest absolute Gasteiger partial charge is 0.227 e. The lowest BCUT2D eigenvalue weighted by Gasteiger charge is -2.23. The van der Waals surface area contributed by atoms with E-state index in [9.17, 15) is 8.42 Å². The third-order valence-electron chi connectivity index (χ3n) is 4.15. The summed E-state index contributed by atoms with van der Waals surface area (Å²) in [4.78, 5) is 10.6. The quantitative estimate of drug-likeness (QED) is 0.843. The lowest BCUT2D eigenvalue weighted by Crippen LogP contribution is -2.33. The highest BCUT2D eigenvalue weighted by atomic mass is 32.2. The van der Waals surface area contributed by atoms with Crippen molar-refractivity contribution < 1.29 is 13.2 Å². The summed E-state index contributed by atoms with van der Waals surface area (Å²) < 4.78 is 28.8. The Morgan fingerprint density at radius 2 is 2.04 bits per heavy atom. The second kappa shape index (κ2) is 7.26. The van der Waals surface area contributed by atoms with Crippen molar-refractivity contribution in [3.05, 3.63) is 36.5 Å². The van der Waals surface area contributed by atoms with Crippen LogP contribution in [0.1, 0.15) is 13.3 Å². The van der Waals surface area contributed by atoms with Crippen LogP contribution in [0, 0.1) is 0 Å². The molecule has 1 saturated heterocycles. The summed E-state index contributed by atoms with van der Waals surface area (Å²) in [5.41, 5.74) is 0.888. The van der Waals surface area contributed by atoms with Crippen LogP contribution in [-0.2, 0) is 9.84 Å². The van der Waals surface area contributed by atoms with E-state index in [-0.39, 0.29) is 17.5 Å². The van der Waals surface area contributed by atoms with Crippen LogP contribution >= 0.6 is 0 Å². The second-order valence-corrected chi connectivity index (χ2v) is 8.22. The molecule has 8 heteroatoms. The number of rotatable bonds is 6. The van der Waals surface area contributed by atoms with Gasteiger partial charge in [0, 0.05) is 25.0 Å². The molecule has 1 fully saturated rings. The number of hydrogen-bond donors (Lipinski definition) is 1. The highest BCUT2D eigenvalue weighted by Crippen LogP contribution is 2.23. The van der Waals surface area contributed by atoms with Crippen molar-refractivity contribution in [3.8, 4) is 5.75 Å². The van der Waals surface area contributed by atoms with E-state index in [1.807, 2.05) is 43.1 Å². The van der Waals surface area contributed by atoms with Gasteiger partial charge in [0.25, 0.3) is 0 Å². The third-order valence-corrected chi connectivity index (χ3v) is 5.90. The van der Waals surface area contributed by atoms with Crippen LogP contribution in [0.2, 0.25) is 0 Å². The number of nitrogens with one attached hydrogen (secondary N) is 1. The first-order valence-corrected chi connectivity index (χ1v) is 10.0. The number of aromatic nitrogens is 2. The fourth-order valence-electron chi connectivity index (χ4n) is 2.78. The molecule has 7 nitrogen and oxygen atoms in total. The van der Waals surface area contributed by atoms with Crippen molar-refractivity contribution in [2.45, 2.75) is 19.4 Å². The molecular formula is C17H22N4O3S. The molecule has 0 saturated carbocycles. The molecule has 1 atom stereocenters. The van der Waals surface area contributed by atoms with Crippen molar-refractivity contribution in [1.82, 2.24) is 9.97 Å². The van der Waals surface area contributed by atoms with Gasteiger partial charge in [0.15, 0.2) is 9.84 Å². The van der Waals surface area contributed by atoms with Crippen molar-refractivity contribution >= 4 is 27.3 Å². The van der Waals surface area contributed by atoms with E-state index < -0.39 is 9.84 Å². The molecule has 25 heavy (non-hydrogen) atoms. The Bertz CT molecular complexity index is 824. The van der Waals surface area contributed by atoms with Crippen LogP contribution < -0.4 is 15.0 Å². The first-order chi connectivity index (χ1) is 12.0. The molecule has 2 heterocycles. The number of hydrogen-bond acceptors (Lipinski definition) is 7. The molecule has 3 rings (SSSR count). The number of ether oxygens (including phenoxy) is 1. The van der Waals surface area contributed by atoms with Crippen LogP contribution in [0.3, 0.4) is 0 Å². The topological polar surface area (TPSA) is 84.4 Å². The van der Waals surface area contributed by atoms with Crippen molar-refractivity contribution in [3.63, 3.8) is 0 Å². The Hall–Kier alpha value is -2.35. The third kappa shape index (κ3) is 4.39. The summed E-state index contributed by atoms with van der Waals surface area (Å²) in [6.45, 7) is 2.58. The zero-order valence-electron chi connectivity index (χ0n) is 14.3. The monoisotopic (exact) mass is 362 g/mol. The maximum atomic E-state index is 11.7. The number of benzene rings is 1. The molecule has 1 aromatic heterocycles. The Morgan fingerprint density at radius 3 is 2.68 bits per heavy atom. The van der Waals surface area contributed by atoms with Crippen molar-refractivity contribution in [2.24, 2.45) is 0 Å². The van der Waals surface area contributed by atoms with Gasteiger partial charge in [0.1, 0.15) is 11.6 Å². The van der Waals surface area contributed by atoms with Gasteiger partial charge >= 0.3 is 0 Å². The molecule has 134 valence electrons. The summed E-state index contributed by atoms with van der Waals surface area (Å²) in [7, 11) is -1.11. The average Bonchev–Trinajstić information content (AvgIpc) is 2.96. The average molecular weight is 362 g/mol. The highest BCUT2D eigenvalue weighted by molar-refractivity contribution is 7.91. The first kappa shape index (κ1) is 17.5. The summed E-state index contributed by atoms with van der Waals surface area (Å²) in [5.74, 6) is 2.37. The molecular weight excluding hydrogens is 340 g/mol. The normalized spacial score (nSPS) is 18.7. The Kier molecular flexibility index (Phi) is 5.08. The largest absolute Gasteiger partial charge is 0.494 e. The molecule has 1 aromatic carbocycles. The summed E-state index contributed by atoms with van der Waals surface area (Å²) in [5, 5.41) is 3.22. The minimum absolute atomic E-state index is 0.0780. The van der Waals surface area contributed by atoms with E-state index in [4.69, 9.17) is 4.74 Å². The van der Waals surface area contributed by atoms with Gasteiger partial charge in [-0.3, -0.25) is 0 Å². The highest BCUT2D eigenvalue weighted by Gasteiger charge is 2.31. The molecule has 0 aliphatic carbocycles. The lowest BCUT2D eigenvalue weighted by molar-refractivity contribution is 0.340. The fraction of sp³-hybridized carbons (Fsp3) is 0.412. The number of sulfone groups is 1. The van der Waals surface area contributed by atoms with E-state index in [1.54, 1.807) is 12.3 Å². The van der Waals surface area contributed by atoms with E-state index >= 15 is 0 Å². The molecule has 0 bridgehead atoms. The number of nitrogens with zero attached hydrogens (tertiary/aromatic N) is 3. The predicted molar refractivity (Wildman–Crippen MR) is 98.4 cm³/mol. The zero-order valence-corrected chi connectivity index (χ0v) is 15.2. The number of anilines is 3. The Morgan fingerprint density at radius 1 is 1.28 bits per heavy atom.